The quantitative estimate of drug-likeness (QED) is 0.428. The first-order valence-corrected chi connectivity index (χ1v) is 3.87. The van der Waals surface area contributed by atoms with Gasteiger partial charge in [-0.05, 0) is 13.0 Å². The number of carboxylic acid groups (broad SMARTS) is 1. The maximum atomic E-state index is 10.2. The third-order valence-corrected chi connectivity index (χ3v) is 0.954. The first-order chi connectivity index (χ1) is 6.45. The largest absolute Gasteiger partial charge is 0.479 e. The van der Waals surface area contributed by atoms with Crippen LogP contribution in [0.2, 0.25) is 0 Å². The van der Waals surface area contributed by atoms with Crippen LogP contribution in [0.4, 0.5) is 0 Å². The fourth-order valence-corrected chi connectivity index (χ4v) is 0.251. The number of rotatable bonds is 4. The van der Waals surface area contributed by atoms with E-state index in [-0.39, 0.29) is 12.5 Å². The summed E-state index contributed by atoms with van der Waals surface area (Å²) >= 11 is 0. The minimum atomic E-state index is -1.23. The molecule has 6 heteroatoms. The van der Waals surface area contributed by atoms with Crippen LogP contribution >= 0.6 is 0 Å². The molecule has 0 fully saturated rings. The third-order valence-electron chi connectivity index (χ3n) is 0.954. The molecule has 4 N–H and O–H groups in total. The summed E-state index contributed by atoms with van der Waals surface area (Å²) in [7, 11) is 0. The molecule has 0 radical (unpaired) electrons. The van der Waals surface area contributed by atoms with E-state index in [2.05, 4.69) is 11.9 Å². The van der Waals surface area contributed by atoms with E-state index < -0.39 is 12.1 Å². The van der Waals surface area contributed by atoms with E-state index in [9.17, 15) is 9.59 Å². The molecule has 1 amide bonds. The summed E-state index contributed by atoms with van der Waals surface area (Å²) in [5.41, 5.74) is 0. The minimum absolute atomic E-state index is 0.0282. The van der Waals surface area contributed by atoms with Gasteiger partial charge in [0, 0.05) is 6.54 Å². The first kappa shape index (κ1) is 15.1. The van der Waals surface area contributed by atoms with E-state index in [0.717, 1.165) is 6.08 Å². The second-order valence-corrected chi connectivity index (χ2v) is 2.23. The molecular formula is C8H15NO5. The Hall–Kier alpha value is -1.40. The molecule has 0 spiro atoms. The van der Waals surface area contributed by atoms with Crippen LogP contribution in [0.15, 0.2) is 12.7 Å². The number of carbonyl (C=O) groups excluding carboxylic acids is 1. The second-order valence-electron chi connectivity index (χ2n) is 2.23. The van der Waals surface area contributed by atoms with Crippen LogP contribution in [0, 0.1) is 0 Å². The molecular weight excluding hydrogens is 190 g/mol. The number of aliphatic hydroxyl groups is 2. The number of amides is 1. The molecule has 0 bridgehead atoms. The number of carbonyl (C=O) groups is 2. The number of hydrogen-bond acceptors (Lipinski definition) is 4. The fourth-order valence-electron chi connectivity index (χ4n) is 0.251. The van der Waals surface area contributed by atoms with Crippen molar-refractivity contribution < 1.29 is 24.9 Å². The molecule has 82 valence electrons. The maximum Gasteiger partial charge on any atom is 0.332 e. The van der Waals surface area contributed by atoms with Crippen LogP contribution < -0.4 is 5.32 Å². The molecule has 0 rings (SSSR count). The molecule has 0 aromatic rings. The highest BCUT2D eigenvalue weighted by Gasteiger charge is 2.01. The molecule has 0 aromatic heterocycles. The van der Waals surface area contributed by atoms with Gasteiger partial charge < -0.3 is 20.6 Å². The first-order valence-electron chi connectivity index (χ1n) is 3.87. The minimum Gasteiger partial charge on any atom is -0.479 e. The van der Waals surface area contributed by atoms with Gasteiger partial charge in [-0.15, -0.1) is 0 Å². The Balaban J connectivity index is 0. The van der Waals surface area contributed by atoms with Crippen LogP contribution in [0.3, 0.4) is 0 Å². The highest BCUT2D eigenvalue weighted by molar-refractivity contribution is 5.86. The molecule has 6 nitrogen and oxygen atoms in total. The maximum absolute atomic E-state index is 10.2. The van der Waals surface area contributed by atoms with Crippen LogP contribution in [0.25, 0.3) is 0 Å². The highest BCUT2D eigenvalue weighted by Crippen LogP contribution is 1.73. The Morgan fingerprint density at radius 1 is 1.57 bits per heavy atom. The standard InChI is InChI=1S/C5H9NO2.C3H6O3/c1-2-5(8)6-3-4-7;1-2(4)3(5)6/h2,7H,1,3-4H2,(H,6,8);2,4H,1H3,(H,5,6). The molecule has 1 atom stereocenters. The fraction of sp³-hybridized carbons (Fsp3) is 0.500. The smallest absolute Gasteiger partial charge is 0.332 e. The van der Waals surface area contributed by atoms with Gasteiger partial charge in [0.25, 0.3) is 0 Å². The van der Waals surface area contributed by atoms with Gasteiger partial charge in [0.2, 0.25) is 5.91 Å². The average molecular weight is 205 g/mol. The van der Waals surface area contributed by atoms with Gasteiger partial charge >= 0.3 is 5.97 Å². The Kier molecular flexibility index (Phi) is 10.4. The van der Waals surface area contributed by atoms with Gasteiger partial charge in [-0.2, -0.15) is 0 Å². The van der Waals surface area contributed by atoms with Crippen molar-refractivity contribution in [1.82, 2.24) is 5.32 Å². The number of aliphatic carboxylic acids is 1. The topological polar surface area (TPSA) is 107 Å². The van der Waals surface area contributed by atoms with Crippen molar-refractivity contribution in [3.8, 4) is 0 Å². The summed E-state index contributed by atoms with van der Waals surface area (Å²) in [4.78, 5) is 19.7. The number of hydrogen-bond donors (Lipinski definition) is 4. The van der Waals surface area contributed by atoms with Crippen LogP contribution in [0.5, 0.6) is 0 Å². The van der Waals surface area contributed by atoms with Crippen molar-refractivity contribution in [2.45, 2.75) is 13.0 Å². The van der Waals surface area contributed by atoms with E-state index in [1.54, 1.807) is 0 Å². The summed E-state index contributed by atoms with van der Waals surface area (Å²) in [6.07, 6.45) is -0.0691. The van der Waals surface area contributed by atoms with Gasteiger partial charge in [-0.25, -0.2) is 4.79 Å². The Bertz CT molecular complexity index is 190. The molecule has 0 aliphatic carbocycles. The van der Waals surface area contributed by atoms with Gasteiger partial charge in [0.15, 0.2) is 0 Å². The van der Waals surface area contributed by atoms with Gasteiger partial charge in [-0.3, -0.25) is 4.79 Å². The second kappa shape index (κ2) is 9.69. The normalized spacial score (nSPS) is 10.5. The predicted molar refractivity (Wildman–Crippen MR) is 49.6 cm³/mol. The Morgan fingerprint density at radius 2 is 2.00 bits per heavy atom. The molecule has 1 unspecified atom stereocenters. The van der Waals surface area contributed by atoms with E-state index in [1.807, 2.05) is 0 Å². The van der Waals surface area contributed by atoms with Crippen molar-refractivity contribution in [1.29, 1.82) is 0 Å². The molecule has 0 saturated carbocycles. The zero-order valence-corrected chi connectivity index (χ0v) is 7.93. The zero-order valence-electron chi connectivity index (χ0n) is 7.93. The van der Waals surface area contributed by atoms with Crippen molar-refractivity contribution in [2.24, 2.45) is 0 Å². The summed E-state index contributed by atoms with van der Waals surface area (Å²) in [6.45, 7) is 4.68. The SMILES string of the molecule is C=CC(=O)NCCO.CC(O)C(=O)O. The molecule has 0 aromatic carbocycles. The summed E-state index contributed by atoms with van der Waals surface area (Å²) in [5.74, 6) is -1.44. The third kappa shape index (κ3) is 13.2. The monoisotopic (exact) mass is 205 g/mol. The highest BCUT2D eigenvalue weighted by atomic mass is 16.4. The van der Waals surface area contributed by atoms with Crippen LogP contribution in [-0.4, -0.2) is 46.5 Å². The van der Waals surface area contributed by atoms with Crippen LogP contribution in [-0.2, 0) is 9.59 Å². The summed E-state index contributed by atoms with van der Waals surface area (Å²) in [6, 6.07) is 0. The van der Waals surface area contributed by atoms with Crippen molar-refractivity contribution >= 4 is 11.9 Å². The molecule has 14 heavy (non-hydrogen) atoms. The van der Waals surface area contributed by atoms with Gasteiger partial charge in [-0.1, -0.05) is 6.58 Å². The lowest BCUT2D eigenvalue weighted by Crippen LogP contribution is -2.23. The van der Waals surface area contributed by atoms with E-state index >= 15 is 0 Å². The van der Waals surface area contributed by atoms with Crippen molar-refractivity contribution in [3.63, 3.8) is 0 Å². The number of carboxylic acids is 1. The molecule has 0 saturated heterocycles. The van der Waals surface area contributed by atoms with Gasteiger partial charge in [0.1, 0.15) is 6.10 Å². The lowest BCUT2D eigenvalue weighted by molar-refractivity contribution is -0.145. The molecule has 0 aliphatic rings. The molecule has 0 heterocycles. The molecule has 0 aliphatic heterocycles. The van der Waals surface area contributed by atoms with E-state index in [0.29, 0.717) is 6.54 Å². The predicted octanol–water partition coefficient (Wildman–Crippen LogP) is -1.27. The lowest BCUT2D eigenvalue weighted by Gasteiger charge is -1.94. The van der Waals surface area contributed by atoms with Crippen molar-refractivity contribution in [3.05, 3.63) is 12.7 Å². The van der Waals surface area contributed by atoms with Crippen molar-refractivity contribution in [2.75, 3.05) is 13.2 Å². The Morgan fingerprint density at radius 3 is 2.21 bits per heavy atom. The number of aliphatic hydroxyl groups excluding tert-OH is 2. The average Bonchev–Trinajstić information content (AvgIpc) is 2.14. The Labute approximate surface area is 81.9 Å². The van der Waals surface area contributed by atoms with Crippen LogP contribution in [0.1, 0.15) is 6.92 Å². The zero-order chi connectivity index (χ0) is 11.6. The van der Waals surface area contributed by atoms with E-state index in [1.165, 1.54) is 6.92 Å². The summed E-state index contributed by atoms with van der Waals surface area (Å²) in [5, 5.41) is 26.3. The summed E-state index contributed by atoms with van der Waals surface area (Å²) < 4.78 is 0. The van der Waals surface area contributed by atoms with E-state index in [4.69, 9.17) is 15.3 Å². The van der Waals surface area contributed by atoms with Gasteiger partial charge in [0.05, 0.1) is 6.61 Å². The number of nitrogens with one attached hydrogen (secondary N) is 1. The lowest BCUT2D eigenvalue weighted by atomic mass is 10.4.